The lowest BCUT2D eigenvalue weighted by Crippen LogP contribution is -2.39. The fourth-order valence-corrected chi connectivity index (χ4v) is 8.97. The van der Waals surface area contributed by atoms with E-state index < -0.39 is 50.3 Å². The molecule has 0 unspecified atom stereocenters. The van der Waals surface area contributed by atoms with Gasteiger partial charge in [0, 0.05) is 16.8 Å². The fourth-order valence-electron chi connectivity index (χ4n) is 5.85. The molecule has 11 heteroatoms. The summed E-state index contributed by atoms with van der Waals surface area (Å²) in [4.78, 5) is 12.8. The molecule has 1 aromatic carbocycles. The van der Waals surface area contributed by atoms with Crippen molar-refractivity contribution in [2.75, 3.05) is 5.32 Å². The number of hydrogen-bond acceptors (Lipinski definition) is 9. The quantitative estimate of drug-likeness (QED) is 0.272. The van der Waals surface area contributed by atoms with Gasteiger partial charge in [-0.05, 0) is 74.3 Å². The number of nitrogens with one attached hydrogen (secondary N) is 1. The zero-order chi connectivity index (χ0) is 34.7. The average molecular weight is 653 g/mol. The molecule has 44 heavy (non-hydrogen) atoms. The molecule has 0 aliphatic carbocycles. The van der Waals surface area contributed by atoms with Gasteiger partial charge in [-0.15, -0.1) is 0 Å². The Bertz CT molecular complexity index is 1490. The first-order chi connectivity index (χ1) is 19.2. The van der Waals surface area contributed by atoms with Crippen LogP contribution in [0.25, 0.3) is 0 Å². The Morgan fingerprint density at radius 3 is 1.18 bits per heavy atom. The van der Waals surface area contributed by atoms with Crippen LogP contribution in [0, 0.1) is 10.8 Å². The zero-order valence-electron chi connectivity index (χ0n) is 29.8. The summed E-state index contributed by atoms with van der Waals surface area (Å²) in [6.07, 6.45) is 0.576. The molecule has 0 atom stereocenters. The Labute approximate surface area is 267 Å². The number of hydrogen-bond donors (Lipinski definition) is 2. The van der Waals surface area contributed by atoms with Crippen LogP contribution < -0.4 is 5.32 Å². The van der Waals surface area contributed by atoms with Crippen molar-refractivity contribution in [3.63, 3.8) is 0 Å². The van der Waals surface area contributed by atoms with Crippen LogP contribution in [-0.2, 0) is 30.5 Å². The number of phenols is 1. The van der Waals surface area contributed by atoms with E-state index in [0.717, 1.165) is 0 Å². The summed E-state index contributed by atoms with van der Waals surface area (Å²) in [7, 11) is -8.45. The predicted octanol–water partition coefficient (Wildman–Crippen LogP) is 7.89. The van der Waals surface area contributed by atoms with Crippen molar-refractivity contribution in [1.82, 2.24) is 15.0 Å². The highest BCUT2D eigenvalue weighted by Crippen LogP contribution is 2.42. The van der Waals surface area contributed by atoms with E-state index in [2.05, 4.69) is 20.3 Å². The molecule has 0 fully saturated rings. The van der Waals surface area contributed by atoms with Gasteiger partial charge in [0.2, 0.25) is 25.6 Å². The van der Waals surface area contributed by atoms with Gasteiger partial charge in [-0.3, -0.25) is 0 Å². The fraction of sp³-hybridized carbons (Fsp3) is 0.727. The Hall–Kier alpha value is -2.27. The molecule has 0 aliphatic heterocycles. The van der Waals surface area contributed by atoms with Gasteiger partial charge in [0.15, 0.2) is 0 Å². The second kappa shape index (κ2) is 11.5. The maximum Gasteiger partial charge on any atom is 0.253 e. The monoisotopic (exact) mass is 652 g/mol. The summed E-state index contributed by atoms with van der Waals surface area (Å²) in [5, 5.41) is 13.1. The number of anilines is 2. The smallest absolute Gasteiger partial charge is 0.253 e. The van der Waals surface area contributed by atoms with Crippen LogP contribution in [0.3, 0.4) is 0 Å². The number of benzene rings is 1. The summed E-state index contributed by atoms with van der Waals surface area (Å²) >= 11 is 0. The lowest BCUT2D eigenvalue weighted by Gasteiger charge is -2.32. The number of nitrogens with zero attached hydrogens (tertiary/aromatic N) is 3. The molecule has 250 valence electrons. The van der Waals surface area contributed by atoms with Crippen LogP contribution >= 0.6 is 0 Å². The number of sulfone groups is 2. The molecular weight excluding hydrogens is 597 g/mol. The topological polar surface area (TPSA) is 139 Å². The van der Waals surface area contributed by atoms with Gasteiger partial charge < -0.3 is 10.4 Å². The van der Waals surface area contributed by atoms with Crippen molar-refractivity contribution in [1.29, 1.82) is 0 Å². The highest BCUT2D eigenvalue weighted by molar-refractivity contribution is 7.93. The van der Waals surface area contributed by atoms with E-state index in [1.54, 1.807) is 39.8 Å². The lowest BCUT2D eigenvalue weighted by atomic mass is 9.79. The number of rotatable bonds is 8. The molecule has 1 heterocycles. The minimum Gasteiger partial charge on any atom is -0.507 e. The van der Waals surface area contributed by atoms with Crippen LogP contribution in [0.1, 0.15) is 135 Å². The molecule has 0 saturated heterocycles. The molecule has 2 N–H and O–H groups in total. The van der Waals surface area contributed by atoms with Crippen molar-refractivity contribution in [3.05, 3.63) is 23.3 Å². The lowest BCUT2D eigenvalue weighted by molar-refractivity contribution is 0.327. The van der Waals surface area contributed by atoms with Gasteiger partial charge in [-0.1, -0.05) is 83.1 Å². The molecule has 1 aromatic heterocycles. The van der Waals surface area contributed by atoms with Crippen molar-refractivity contribution in [3.8, 4) is 5.75 Å². The number of phenolic OH excluding ortho intramolecular Hbond substituents is 1. The van der Waals surface area contributed by atoms with Crippen molar-refractivity contribution < 1.29 is 21.9 Å². The molecule has 0 saturated carbocycles. The number of aromatic hydroxyl groups is 1. The van der Waals surface area contributed by atoms with Crippen LogP contribution in [-0.4, -0.2) is 46.4 Å². The van der Waals surface area contributed by atoms with Crippen LogP contribution in [0.4, 0.5) is 11.6 Å². The second-order valence-corrected chi connectivity index (χ2v) is 22.7. The second-order valence-electron chi connectivity index (χ2n) is 17.8. The summed E-state index contributed by atoms with van der Waals surface area (Å²) < 4.78 is 53.8. The predicted molar refractivity (Wildman–Crippen MR) is 179 cm³/mol. The van der Waals surface area contributed by atoms with Crippen molar-refractivity contribution >= 4 is 31.3 Å². The van der Waals surface area contributed by atoms with E-state index >= 15 is 0 Å². The summed E-state index contributed by atoms with van der Waals surface area (Å²) in [6, 6.07) is 3.51. The van der Waals surface area contributed by atoms with E-state index in [9.17, 15) is 21.9 Å². The Morgan fingerprint density at radius 1 is 0.591 bits per heavy atom. The molecule has 0 spiro atoms. The zero-order valence-corrected chi connectivity index (χ0v) is 31.4. The summed E-state index contributed by atoms with van der Waals surface area (Å²) in [6.45, 7) is 29.9. The molecule has 0 amide bonds. The third-order valence-electron chi connectivity index (χ3n) is 7.42. The Kier molecular flexibility index (Phi) is 9.92. The van der Waals surface area contributed by atoms with Crippen LogP contribution in [0.2, 0.25) is 0 Å². The van der Waals surface area contributed by atoms with Gasteiger partial charge in [-0.25, -0.2) is 16.8 Å². The molecule has 0 radical (unpaired) electrons. The average Bonchev–Trinajstić information content (AvgIpc) is 2.75. The highest BCUT2D eigenvalue weighted by atomic mass is 32.2. The van der Waals surface area contributed by atoms with E-state index in [4.69, 9.17) is 0 Å². The number of aromatic nitrogens is 3. The van der Waals surface area contributed by atoms with Crippen molar-refractivity contribution in [2.45, 2.75) is 154 Å². The van der Waals surface area contributed by atoms with Gasteiger partial charge in [0.05, 0.1) is 9.49 Å². The molecule has 0 aliphatic rings. The summed E-state index contributed by atoms with van der Waals surface area (Å²) in [5.41, 5.74) is 0.272. The van der Waals surface area contributed by atoms with E-state index in [-0.39, 0.29) is 35.4 Å². The third kappa shape index (κ3) is 8.50. The Morgan fingerprint density at radius 2 is 0.909 bits per heavy atom. The first-order valence-electron chi connectivity index (χ1n) is 15.1. The normalized spacial score (nSPS) is 14.5. The largest absolute Gasteiger partial charge is 0.507 e. The highest BCUT2D eigenvalue weighted by Gasteiger charge is 2.45. The van der Waals surface area contributed by atoms with Gasteiger partial charge >= 0.3 is 0 Å². The maximum absolute atomic E-state index is 14.1. The molecular formula is C33H56N4O5S2. The van der Waals surface area contributed by atoms with Crippen LogP contribution in [0.5, 0.6) is 5.75 Å². The molecule has 9 nitrogen and oxygen atoms in total. The Balaban J connectivity index is 2.95. The molecule has 2 rings (SSSR count). The van der Waals surface area contributed by atoms with E-state index in [1.807, 2.05) is 83.1 Å². The van der Waals surface area contributed by atoms with Crippen LogP contribution in [0.15, 0.2) is 22.4 Å². The van der Waals surface area contributed by atoms with E-state index in [1.165, 1.54) is 0 Å². The first-order valence-corrected chi connectivity index (χ1v) is 18.1. The molecule has 0 bridgehead atoms. The first kappa shape index (κ1) is 37.9. The van der Waals surface area contributed by atoms with Gasteiger partial charge in [-0.2, -0.15) is 15.0 Å². The SMILES string of the molecule is CC(C)(C)CC(C)(C)S(=O)(=O)c1nc(Nc2cc(C(C)(C)C)c(O)c(C(C)(C)C)c2)nc(S(=O)(=O)C(C)(C)CC(C)(C)C)n1. The minimum absolute atomic E-state index is 0.172. The maximum atomic E-state index is 14.1. The summed E-state index contributed by atoms with van der Waals surface area (Å²) in [5.74, 6) is -0.0359. The third-order valence-corrected chi connectivity index (χ3v) is 11.9. The van der Waals surface area contributed by atoms with Gasteiger partial charge in [0.25, 0.3) is 10.3 Å². The van der Waals surface area contributed by atoms with Gasteiger partial charge in [0.1, 0.15) is 5.75 Å². The molecule has 2 aromatic rings. The minimum atomic E-state index is -4.23. The van der Waals surface area contributed by atoms with E-state index in [0.29, 0.717) is 16.8 Å². The standard InChI is InChI=1S/C33H56N4O5S2/c1-28(2,3)19-32(13,14)43(39,40)26-35-25(36-27(37-26)44(41,42)33(15,16)20-29(4,5)6)34-21-17-22(30(7,8)9)24(38)23(18-21)31(10,11)12/h17-18,38H,19-20H2,1-16H3,(H,34,35,36,37). The van der Waals surface area contributed by atoms with Crippen molar-refractivity contribution in [2.24, 2.45) is 10.8 Å².